The number of aliphatic carboxylic acids is 1. The summed E-state index contributed by atoms with van der Waals surface area (Å²) >= 11 is 0. The van der Waals surface area contributed by atoms with E-state index in [1.165, 1.54) is 19.3 Å². The molecule has 0 heterocycles. The van der Waals surface area contributed by atoms with Crippen molar-refractivity contribution in [2.75, 3.05) is 0 Å². The quantitative estimate of drug-likeness (QED) is 0.711. The summed E-state index contributed by atoms with van der Waals surface area (Å²) < 4.78 is 0. The molecule has 0 saturated heterocycles. The fraction of sp³-hybridized carbons (Fsp3) is 0.750. The van der Waals surface area contributed by atoms with Crippen molar-refractivity contribution >= 4 is 5.97 Å². The summed E-state index contributed by atoms with van der Waals surface area (Å²) in [5, 5.41) is 9.86. The van der Waals surface area contributed by atoms with Gasteiger partial charge < -0.3 is 5.11 Å². The van der Waals surface area contributed by atoms with E-state index < -0.39 is 11.4 Å². The summed E-state index contributed by atoms with van der Waals surface area (Å²) in [5.41, 5.74) is 1.16. The number of hydrogen-bond acceptors (Lipinski definition) is 1. The number of rotatable bonds is 2. The van der Waals surface area contributed by atoms with Crippen LogP contribution in [0.2, 0.25) is 0 Å². The Hall–Kier alpha value is -1.05. The first-order valence-electron chi connectivity index (χ1n) is 8.85. The lowest BCUT2D eigenvalue weighted by atomic mass is 9.46. The maximum Gasteiger partial charge on any atom is 0.309 e. The highest BCUT2D eigenvalue weighted by Gasteiger charge is 2.57. The largest absolute Gasteiger partial charge is 0.481 e. The van der Waals surface area contributed by atoms with Gasteiger partial charge in [-0.15, -0.1) is 6.58 Å². The average Bonchev–Trinajstić information content (AvgIpc) is 2.47. The normalized spacial score (nSPS) is 47.9. The molecule has 0 aromatic rings. The lowest BCUT2D eigenvalue weighted by Gasteiger charge is -2.57. The van der Waals surface area contributed by atoms with E-state index in [-0.39, 0.29) is 16.7 Å². The van der Waals surface area contributed by atoms with E-state index in [2.05, 4.69) is 32.6 Å². The van der Waals surface area contributed by atoms with E-state index in [4.69, 9.17) is 0 Å². The molecule has 0 spiro atoms. The van der Waals surface area contributed by atoms with E-state index in [0.717, 1.165) is 25.7 Å². The van der Waals surface area contributed by atoms with Crippen LogP contribution >= 0.6 is 0 Å². The summed E-state index contributed by atoms with van der Waals surface area (Å²) in [6, 6.07) is 0. The van der Waals surface area contributed by atoms with Crippen molar-refractivity contribution in [1.82, 2.24) is 0 Å². The third-order valence-corrected chi connectivity index (χ3v) is 7.31. The maximum absolute atomic E-state index is 12.0. The summed E-state index contributed by atoms with van der Waals surface area (Å²) in [4.78, 5) is 12.0. The van der Waals surface area contributed by atoms with Gasteiger partial charge in [-0.2, -0.15) is 0 Å². The molecule has 3 aliphatic carbocycles. The Kier molecular flexibility index (Phi) is 3.58. The van der Waals surface area contributed by atoms with Crippen LogP contribution in [0, 0.1) is 28.1 Å². The van der Waals surface area contributed by atoms with Gasteiger partial charge in [0.2, 0.25) is 0 Å². The number of carbonyl (C=O) groups is 1. The number of fused-ring (bicyclic) bond motifs is 3. The first-order valence-corrected chi connectivity index (χ1v) is 8.85. The van der Waals surface area contributed by atoms with Crippen LogP contribution in [-0.2, 0) is 4.79 Å². The summed E-state index contributed by atoms with van der Waals surface area (Å²) in [6.45, 7) is 10.7. The fourth-order valence-corrected chi connectivity index (χ4v) is 5.76. The van der Waals surface area contributed by atoms with Crippen LogP contribution in [0.4, 0.5) is 0 Å². The van der Waals surface area contributed by atoms with E-state index in [9.17, 15) is 9.90 Å². The van der Waals surface area contributed by atoms with Gasteiger partial charge in [-0.1, -0.05) is 38.0 Å². The third-order valence-electron chi connectivity index (χ3n) is 7.31. The minimum absolute atomic E-state index is 0.0684. The number of carboxylic acids is 1. The van der Waals surface area contributed by atoms with Crippen molar-refractivity contribution in [3.63, 3.8) is 0 Å². The van der Waals surface area contributed by atoms with Gasteiger partial charge in [-0.25, -0.2) is 0 Å². The Morgan fingerprint density at radius 3 is 2.59 bits per heavy atom. The monoisotopic (exact) mass is 302 g/mol. The Labute approximate surface area is 134 Å². The molecular formula is C20H30O2. The number of carboxylic acid groups (broad SMARTS) is 1. The predicted molar refractivity (Wildman–Crippen MR) is 89.5 cm³/mol. The van der Waals surface area contributed by atoms with Crippen molar-refractivity contribution in [2.24, 2.45) is 28.1 Å². The Balaban J connectivity index is 2.07. The van der Waals surface area contributed by atoms with Crippen molar-refractivity contribution < 1.29 is 9.90 Å². The Morgan fingerprint density at radius 1 is 1.23 bits per heavy atom. The summed E-state index contributed by atoms with van der Waals surface area (Å²) in [6.07, 6.45) is 12.2. The lowest BCUT2D eigenvalue weighted by molar-refractivity contribution is -0.160. The lowest BCUT2D eigenvalue weighted by Crippen LogP contribution is -2.52. The van der Waals surface area contributed by atoms with Gasteiger partial charge in [0.1, 0.15) is 0 Å². The molecule has 22 heavy (non-hydrogen) atoms. The van der Waals surface area contributed by atoms with Crippen LogP contribution in [0.25, 0.3) is 0 Å². The Morgan fingerprint density at radius 2 is 1.95 bits per heavy atom. The zero-order valence-corrected chi connectivity index (χ0v) is 14.3. The van der Waals surface area contributed by atoms with Crippen molar-refractivity contribution in [3.8, 4) is 0 Å². The molecule has 0 bridgehead atoms. The van der Waals surface area contributed by atoms with Gasteiger partial charge in [0, 0.05) is 5.41 Å². The second-order valence-corrected chi connectivity index (χ2v) is 8.67. The second kappa shape index (κ2) is 4.97. The van der Waals surface area contributed by atoms with Crippen LogP contribution < -0.4 is 0 Å². The standard InChI is InChI=1S/C20H30O2/c1-5-18(2)12-9-14-7-8-16-19(3,15(14)13-18)10-6-11-20(16,4)17(21)22/h5,13-14,16H,1,6-12H2,2-4H3,(H,21,22)/t14-,16+,18+,19-,20+/m0/s1. The molecule has 3 aliphatic rings. The summed E-state index contributed by atoms with van der Waals surface area (Å²) in [5.74, 6) is 0.358. The van der Waals surface area contributed by atoms with Crippen LogP contribution in [0.1, 0.15) is 65.7 Å². The molecule has 2 saturated carbocycles. The van der Waals surface area contributed by atoms with Crippen LogP contribution in [0.5, 0.6) is 0 Å². The average molecular weight is 302 g/mol. The second-order valence-electron chi connectivity index (χ2n) is 8.67. The molecule has 1 N–H and O–H groups in total. The van der Waals surface area contributed by atoms with E-state index in [0.29, 0.717) is 5.92 Å². The molecule has 3 rings (SSSR count). The topological polar surface area (TPSA) is 37.3 Å². The zero-order chi connectivity index (χ0) is 16.2. The minimum Gasteiger partial charge on any atom is -0.481 e. The molecule has 5 atom stereocenters. The van der Waals surface area contributed by atoms with Crippen molar-refractivity contribution in [2.45, 2.75) is 65.7 Å². The molecule has 0 aliphatic heterocycles. The van der Waals surface area contributed by atoms with Crippen LogP contribution in [0.3, 0.4) is 0 Å². The molecule has 0 aromatic heterocycles. The minimum atomic E-state index is -0.593. The SMILES string of the molecule is C=C[C@@]1(C)C=C2[C@@H](CC[C@H]3[C@](C)(C(=O)O)CCC[C@@]23C)CC1. The Bertz CT molecular complexity index is 534. The van der Waals surface area contributed by atoms with Gasteiger partial charge in [0.15, 0.2) is 0 Å². The smallest absolute Gasteiger partial charge is 0.309 e. The molecule has 0 aromatic carbocycles. The molecule has 0 radical (unpaired) electrons. The molecule has 0 unspecified atom stereocenters. The molecule has 0 amide bonds. The molecule has 2 nitrogen and oxygen atoms in total. The molecule has 122 valence electrons. The van der Waals surface area contributed by atoms with E-state index in [1.54, 1.807) is 5.57 Å². The van der Waals surface area contributed by atoms with Gasteiger partial charge in [0.25, 0.3) is 0 Å². The van der Waals surface area contributed by atoms with Gasteiger partial charge in [0.05, 0.1) is 5.41 Å². The summed E-state index contributed by atoms with van der Waals surface area (Å²) in [7, 11) is 0. The highest BCUT2D eigenvalue weighted by molar-refractivity contribution is 5.75. The van der Waals surface area contributed by atoms with Gasteiger partial charge >= 0.3 is 5.97 Å². The van der Waals surface area contributed by atoms with E-state index in [1.807, 2.05) is 6.92 Å². The van der Waals surface area contributed by atoms with Gasteiger partial charge in [-0.3, -0.25) is 4.79 Å². The molecule has 2 fully saturated rings. The third kappa shape index (κ3) is 2.10. The highest BCUT2D eigenvalue weighted by Crippen LogP contribution is 2.63. The van der Waals surface area contributed by atoms with Crippen LogP contribution in [0.15, 0.2) is 24.3 Å². The highest BCUT2D eigenvalue weighted by atomic mass is 16.4. The van der Waals surface area contributed by atoms with Gasteiger partial charge in [-0.05, 0) is 62.7 Å². The number of allylic oxidation sites excluding steroid dienone is 3. The van der Waals surface area contributed by atoms with Crippen molar-refractivity contribution in [1.29, 1.82) is 0 Å². The predicted octanol–water partition coefficient (Wildman–Crippen LogP) is 5.21. The number of hydrogen-bond donors (Lipinski definition) is 1. The molecular weight excluding hydrogens is 272 g/mol. The fourth-order valence-electron chi connectivity index (χ4n) is 5.76. The first-order chi connectivity index (χ1) is 10.3. The zero-order valence-electron chi connectivity index (χ0n) is 14.3. The maximum atomic E-state index is 12.0. The van der Waals surface area contributed by atoms with E-state index >= 15 is 0 Å². The molecule has 2 heteroatoms. The first kappa shape index (κ1) is 15.8. The van der Waals surface area contributed by atoms with Crippen molar-refractivity contribution in [3.05, 3.63) is 24.3 Å². The van der Waals surface area contributed by atoms with Crippen LogP contribution in [-0.4, -0.2) is 11.1 Å².